The number of benzene rings is 2. The van der Waals surface area contributed by atoms with Gasteiger partial charge in [0.2, 0.25) is 0 Å². The molecule has 3 aromatic heterocycles. The number of ether oxygens (including phenoxy) is 2. The maximum absolute atomic E-state index is 5.42. The van der Waals surface area contributed by atoms with E-state index in [-0.39, 0.29) is 41.9 Å². The fourth-order valence-electron chi connectivity index (χ4n) is 3.75. The molecule has 0 atom stereocenters. The normalized spacial score (nSPS) is 10.5. The minimum absolute atomic E-state index is 0. The van der Waals surface area contributed by atoms with Crippen LogP contribution in [0.25, 0.3) is 45.1 Å². The van der Waals surface area contributed by atoms with Gasteiger partial charge in [-0.3, -0.25) is 9.13 Å². The van der Waals surface area contributed by atoms with E-state index >= 15 is 0 Å². The molecule has 0 saturated heterocycles. The minimum atomic E-state index is 0. The molecule has 0 bridgehead atoms. The first-order valence-electron chi connectivity index (χ1n) is 9.66. The molecule has 0 unspecified atom stereocenters. The molecular formula is C23H21Cl2FeN5O2. The van der Waals surface area contributed by atoms with E-state index in [1.165, 1.54) is 0 Å². The van der Waals surface area contributed by atoms with Gasteiger partial charge in [-0.1, -0.05) is 30.3 Å². The van der Waals surface area contributed by atoms with Gasteiger partial charge in [-0.05, 0) is 36.4 Å². The van der Waals surface area contributed by atoms with Crippen molar-refractivity contribution in [3.05, 3.63) is 66.7 Å². The summed E-state index contributed by atoms with van der Waals surface area (Å²) in [6.07, 6.45) is 0. The number of hydrogen-bond acceptors (Lipinski definition) is 5. The van der Waals surface area contributed by atoms with E-state index in [0.29, 0.717) is 13.5 Å². The van der Waals surface area contributed by atoms with Crippen LogP contribution in [0.2, 0.25) is 0 Å². The Hall–Kier alpha value is -2.45. The molecule has 5 aromatic rings. The maximum atomic E-state index is 5.42. The summed E-state index contributed by atoms with van der Waals surface area (Å²) in [5.74, 6) is 1.52. The first kappa shape index (κ1) is 26.8. The molecule has 33 heavy (non-hydrogen) atoms. The van der Waals surface area contributed by atoms with E-state index in [9.17, 15) is 0 Å². The van der Waals surface area contributed by atoms with E-state index in [2.05, 4.69) is 0 Å². The molecule has 2 aromatic carbocycles. The standard InChI is InChI=1S/C23H21N5O2.2ClH.Fe/c1-29-14-27-20-12-5-3-8-16(20)25-22(27)18-10-7-11-19(24-18)23-26-17-9-4-6-13-21(17)28(23)15-30-2;;;/h3-13H,14-15H2,1-2H3;2*1H;/q;;;+2/p-2. The van der Waals surface area contributed by atoms with Gasteiger partial charge < -0.3 is 34.3 Å². The average Bonchev–Trinajstić information content (AvgIpc) is 3.34. The predicted octanol–water partition coefficient (Wildman–Crippen LogP) is -1.67. The van der Waals surface area contributed by atoms with Crippen LogP contribution in [0.3, 0.4) is 0 Å². The largest absolute Gasteiger partial charge is 2.00 e. The number of halogens is 2. The minimum Gasteiger partial charge on any atom is -1.00 e. The SMILES string of the molecule is COCn1c(-c2cccc(-c3nc4ccccc4n3COC)n2)nc2ccccc21.[Cl-].[Cl-].[Fe+2]. The van der Waals surface area contributed by atoms with Crippen LogP contribution in [-0.2, 0) is 40.0 Å². The fraction of sp³-hybridized carbons (Fsp3) is 0.174. The van der Waals surface area contributed by atoms with Crippen molar-refractivity contribution in [2.75, 3.05) is 14.2 Å². The molecule has 10 heteroatoms. The van der Waals surface area contributed by atoms with Crippen molar-refractivity contribution < 1.29 is 51.4 Å². The third-order valence-corrected chi connectivity index (χ3v) is 5.03. The molecule has 0 fully saturated rings. The summed E-state index contributed by atoms with van der Waals surface area (Å²) in [4.78, 5) is 14.5. The Labute approximate surface area is 214 Å². The number of rotatable bonds is 6. The van der Waals surface area contributed by atoms with E-state index in [0.717, 1.165) is 45.1 Å². The second kappa shape index (κ2) is 11.6. The number of pyridine rings is 1. The number of hydrogen-bond donors (Lipinski definition) is 0. The van der Waals surface area contributed by atoms with Crippen LogP contribution in [0.5, 0.6) is 0 Å². The second-order valence-electron chi connectivity index (χ2n) is 6.95. The zero-order valence-electron chi connectivity index (χ0n) is 17.9. The van der Waals surface area contributed by atoms with Crippen molar-refractivity contribution in [3.8, 4) is 23.0 Å². The Balaban J connectivity index is 0.00000128. The van der Waals surface area contributed by atoms with Gasteiger partial charge in [0.25, 0.3) is 0 Å². The van der Waals surface area contributed by atoms with Crippen LogP contribution < -0.4 is 24.8 Å². The Morgan fingerprint density at radius 3 is 1.45 bits per heavy atom. The van der Waals surface area contributed by atoms with Gasteiger partial charge in [0.05, 0.1) is 22.1 Å². The number of imidazole rings is 2. The summed E-state index contributed by atoms with van der Waals surface area (Å²) in [7, 11) is 3.35. The first-order chi connectivity index (χ1) is 14.8. The van der Waals surface area contributed by atoms with Gasteiger partial charge >= 0.3 is 17.1 Å². The van der Waals surface area contributed by atoms with Gasteiger partial charge in [-0.15, -0.1) is 0 Å². The Morgan fingerprint density at radius 1 is 0.606 bits per heavy atom. The summed E-state index contributed by atoms with van der Waals surface area (Å²) in [6.45, 7) is 0.786. The quantitative estimate of drug-likeness (QED) is 0.248. The van der Waals surface area contributed by atoms with Crippen molar-refractivity contribution in [2.24, 2.45) is 0 Å². The van der Waals surface area contributed by atoms with Gasteiger partial charge in [0.1, 0.15) is 24.8 Å². The molecule has 0 spiro atoms. The van der Waals surface area contributed by atoms with Crippen molar-refractivity contribution in [1.29, 1.82) is 0 Å². The van der Waals surface area contributed by atoms with E-state index < -0.39 is 0 Å². The van der Waals surface area contributed by atoms with Gasteiger partial charge in [0, 0.05) is 14.2 Å². The molecule has 172 valence electrons. The third-order valence-electron chi connectivity index (χ3n) is 5.03. The molecule has 5 rings (SSSR count). The van der Waals surface area contributed by atoms with Crippen LogP contribution in [0, 0.1) is 0 Å². The number of para-hydroxylation sites is 4. The second-order valence-corrected chi connectivity index (χ2v) is 6.95. The van der Waals surface area contributed by atoms with Crippen molar-refractivity contribution in [1.82, 2.24) is 24.1 Å². The van der Waals surface area contributed by atoms with E-state index in [1.54, 1.807) is 14.2 Å². The topological polar surface area (TPSA) is 67.0 Å². The Bertz CT molecular complexity index is 1260. The molecule has 0 amide bonds. The van der Waals surface area contributed by atoms with Crippen molar-refractivity contribution in [3.63, 3.8) is 0 Å². The molecular weight excluding hydrogens is 505 g/mol. The molecule has 0 aliphatic heterocycles. The molecule has 0 radical (unpaired) electrons. The number of aromatic nitrogens is 5. The van der Waals surface area contributed by atoms with Crippen LogP contribution in [0.1, 0.15) is 0 Å². The third kappa shape index (κ3) is 4.92. The summed E-state index contributed by atoms with van der Waals surface area (Å²) < 4.78 is 14.9. The molecule has 7 nitrogen and oxygen atoms in total. The van der Waals surface area contributed by atoms with Gasteiger partial charge in [0.15, 0.2) is 11.6 Å². The summed E-state index contributed by atoms with van der Waals surface area (Å²) >= 11 is 0. The van der Waals surface area contributed by atoms with Crippen LogP contribution in [0.15, 0.2) is 66.7 Å². The van der Waals surface area contributed by atoms with Crippen molar-refractivity contribution in [2.45, 2.75) is 13.5 Å². The zero-order valence-corrected chi connectivity index (χ0v) is 20.5. The van der Waals surface area contributed by atoms with E-state index in [1.807, 2.05) is 75.9 Å². The molecule has 0 N–H and O–H groups in total. The molecule has 3 heterocycles. The van der Waals surface area contributed by atoms with Crippen molar-refractivity contribution >= 4 is 22.1 Å². The first-order valence-corrected chi connectivity index (χ1v) is 9.66. The zero-order chi connectivity index (χ0) is 20.5. The molecule has 0 aliphatic rings. The monoisotopic (exact) mass is 525 g/mol. The smallest absolute Gasteiger partial charge is 1.00 e. The van der Waals surface area contributed by atoms with Crippen LogP contribution in [0.4, 0.5) is 0 Å². The predicted molar refractivity (Wildman–Crippen MR) is 116 cm³/mol. The average molecular weight is 526 g/mol. The van der Waals surface area contributed by atoms with Crippen LogP contribution in [-0.4, -0.2) is 38.3 Å². The summed E-state index contributed by atoms with van der Waals surface area (Å²) in [6, 6.07) is 21.9. The van der Waals surface area contributed by atoms with Gasteiger partial charge in [-0.25, -0.2) is 15.0 Å². The number of nitrogens with zero attached hydrogens (tertiary/aromatic N) is 5. The molecule has 0 aliphatic carbocycles. The molecule has 0 saturated carbocycles. The van der Waals surface area contributed by atoms with E-state index in [4.69, 9.17) is 24.4 Å². The van der Waals surface area contributed by atoms with Gasteiger partial charge in [-0.2, -0.15) is 0 Å². The Kier molecular flexibility index (Phi) is 9.43. The summed E-state index contributed by atoms with van der Waals surface area (Å²) in [5.41, 5.74) is 5.35. The number of fused-ring (bicyclic) bond motifs is 2. The fourth-order valence-corrected chi connectivity index (χ4v) is 3.75. The summed E-state index contributed by atoms with van der Waals surface area (Å²) in [5, 5.41) is 0. The number of methoxy groups -OCH3 is 2. The Morgan fingerprint density at radius 2 is 1.03 bits per heavy atom. The van der Waals surface area contributed by atoms with Crippen LogP contribution >= 0.6 is 0 Å². The maximum Gasteiger partial charge on any atom is 2.00 e.